The SMILES string of the molecule is NCCCCCCNC(=O)C(Cc1ccccc1)NC(=O)Nc1ccc(OCc2ccccc2)cc1. The average molecular weight is 489 g/mol. The normalized spacial score (nSPS) is 11.4. The highest BCUT2D eigenvalue weighted by molar-refractivity contribution is 5.93. The molecule has 36 heavy (non-hydrogen) atoms. The van der Waals surface area contributed by atoms with Crippen molar-refractivity contribution >= 4 is 17.6 Å². The third kappa shape index (κ3) is 9.80. The molecule has 3 aromatic carbocycles. The number of carbonyl (C=O) groups is 2. The van der Waals surface area contributed by atoms with Crippen molar-refractivity contribution in [2.24, 2.45) is 5.73 Å². The van der Waals surface area contributed by atoms with E-state index in [9.17, 15) is 9.59 Å². The van der Waals surface area contributed by atoms with Gasteiger partial charge in [-0.15, -0.1) is 0 Å². The number of unbranched alkanes of at least 4 members (excludes halogenated alkanes) is 3. The van der Waals surface area contributed by atoms with Crippen molar-refractivity contribution < 1.29 is 14.3 Å². The van der Waals surface area contributed by atoms with Crippen LogP contribution in [0, 0.1) is 0 Å². The second-order valence-electron chi connectivity index (χ2n) is 8.63. The topological polar surface area (TPSA) is 105 Å². The first kappa shape index (κ1) is 26.8. The van der Waals surface area contributed by atoms with Crippen LogP contribution in [0.3, 0.4) is 0 Å². The molecule has 0 aliphatic carbocycles. The predicted molar refractivity (Wildman–Crippen MR) is 144 cm³/mol. The highest BCUT2D eigenvalue weighted by Crippen LogP contribution is 2.17. The zero-order valence-electron chi connectivity index (χ0n) is 20.6. The van der Waals surface area contributed by atoms with E-state index in [1.807, 2.05) is 60.7 Å². The molecule has 0 radical (unpaired) electrons. The third-order valence-electron chi connectivity index (χ3n) is 5.70. The maximum atomic E-state index is 12.9. The van der Waals surface area contributed by atoms with Gasteiger partial charge >= 0.3 is 6.03 Å². The Morgan fingerprint density at radius 1 is 0.778 bits per heavy atom. The highest BCUT2D eigenvalue weighted by Gasteiger charge is 2.21. The van der Waals surface area contributed by atoms with Gasteiger partial charge in [-0.1, -0.05) is 73.5 Å². The molecule has 0 aromatic heterocycles. The molecule has 5 N–H and O–H groups in total. The van der Waals surface area contributed by atoms with E-state index in [1.54, 1.807) is 24.3 Å². The Morgan fingerprint density at radius 2 is 1.42 bits per heavy atom. The van der Waals surface area contributed by atoms with Crippen LogP contribution >= 0.6 is 0 Å². The van der Waals surface area contributed by atoms with Crippen LogP contribution in [0.1, 0.15) is 36.8 Å². The second kappa shape index (κ2) is 15.2. The lowest BCUT2D eigenvalue weighted by Gasteiger charge is -2.19. The molecule has 0 saturated heterocycles. The van der Waals surface area contributed by atoms with Gasteiger partial charge in [-0.3, -0.25) is 4.79 Å². The number of amides is 3. The van der Waals surface area contributed by atoms with E-state index in [0.717, 1.165) is 36.8 Å². The largest absolute Gasteiger partial charge is 0.489 e. The number of hydrogen-bond acceptors (Lipinski definition) is 4. The predicted octanol–water partition coefficient (Wildman–Crippen LogP) is 4.63. The Hall–Kier alpha value is -3.84. The van der Waals surface area contributed by atoms with E-state index in [0.29, 0.717) is 37.6 Å². The summed E-state index contributed by atoms with van der Waals surface area (Å²) in [5, 5.41) is 8.59. The lowest BCUT2D eigenvalue weighted by molar-refractivity contribution is -0.122. The van der Waals surface area contributed by atoms with Crippen LogP contribution < -0.4 is 26.4 Å². The minimum Gasteiger partial charge on any atom is -0.489 e. The van der Waals surface area contributed by atoms with Gasteiger partial charge in [-0.05, 0) is 54.8 Å². The molecule has 0 aliphatic rings. The van der Waals surface area contributed by atoms with Gasteiger partial charge in [0.2, 0.25) is 5.91 Å². The van der Waals surface area contributed by atoms with Gasteiger partial charge in [0.05, 0.1) is 0 Å². The molecule has 0 saturated carbocycles. The maximum absolute atomic E-state index is 12.9. The van der Waals surface area contributed by atoms with Crippen LogP contribution in [0.15, 0.2) is 84.9 Å². The molecule has 7 heteroatoms. The Bertz CT molecular complexity index is 1040. The highest BCUT2D eigenvalue weighted by atomic mass is 16.5. The summed E-state index contributed by atoms with van der Waals surface area (Å²) in [6.45, 7) is 1.73. The molecule has 1 atom stereocenters. The standard InChI is InChI=1S/C29H36N4O3/c30-19-9-1-2-10-20-31-28(34)27(21-23-11-5-3-6-12-23)33-29(35)32-25-15-17-26(18-16-25)36-22-24-13-7-4-8-14-24/h3-8,11-18,27H,1-2,9-10,19-22,30H2,(H,31,34)(H2,32,33,35). The number of benzene rings is 3. The minimum atomic E-state index is -0.690. The Kier molecular flexibility index (Phi) is 11.3. The molecule has 3 aromatic rings. The van der Waals surface area contributed by atoms with Crippen molar-refractivity contribution in [3.8, 4) is 5.75 Å². The lowest BCUT2D eigenvalue weighted by Crippen LogP contribution is -2.49. The van der Waals surface area contributed by atoms with Crippen molar-refractivity contribution in [1.29, 1.82) is 0 Å². The van der Waals surface area contributed by atoms with Crippen LogP contribution in [-0.2, 0) is 17.8 Å². The van der Waals surface area contributed by atoms with Crippen molar-refractivity contribution in [2.75, 3.05) is 18.4 Å². The van der Waals surface area contributed by atoms with Gasteiger partial charge < -0.3 is 26.4 Å². The third-order valence-corrected chi connectivity index (χ3v) is 5.70. The summed E-state index contributed by atoms with van der Waals surface area (Å²) in [5.74, 6) is 0.509. The van der Waals surface area contributed by atoms with Crippen molar-refractivity contribution in [3.05, 3.63) is 96.1 Å². The number of carbonyl (C=O) groups excluding carboxylic acids is 2. The van der Waals surface area contributed by atoms with Gasteiger partial charge in [0.25, 0.3) is 0 Å². The van der Waals surface area contributed by atoms with Gasteiger partial charge in [0, 0.05) is 18.7 Å². The summed E-state index contributed by atoms with van der Waals surface area (Å²) in [7, 11) is 0. The van der Waals surface area contributed by atoms with Crippen molar-refractivity contribution in [1.82, 2.24) is 10.6 Å². The summed E-state index contributed by atoms with van der Waals surface area (Å²) in [6.07, 6.45) is 4.34. The fourth-order valence-electron chi connectivity index (χ4n) is 3.72. The second-order valence-corrected chi connectivity index (χ2v) is 8.63. The van der Waals surface area contributed by atoms with Crippen molar-refractivity contribution in [3.63, 3.8) is 0 Å². The molecular formula is C29H36N4O3. The van der Waals surface area contributed by atoms with Crippen LogP contribution in [0.4, 0.5) is 10.5 Å². The minimum absolute atomic E-state index is 0.197. The molecule has 3 rings (SSSR count). The Morgan fingerprint density at radius 3 is 2.08 bits per heavy atom. The average Bonchev–Trinajstić information content (AvgIpc) is 2.91. The zero-order chi connectivity index (χ0) is 25.4. The number of ether oxygens (including phenoxy) is 1. The van der Waals surface area contributed by atoms with Gasteiger partial charge in [-0.25, -0.2) is 4.79 Å². The maximum Gasteiger partial charge on any atom is 0.319 e. The van der Waals surface area contributed by atoms with E-state index in [4.69, 9.17) is 10.5 Å². The van der Waals surface area contributed by atoms with Crippen LogP contribution in [-0.4, -0.2) is 31.1 Å². The zero-order valence-corrected chi connectivity index (χ0v) is 20.6. The van der Waals surface area contributed by atoms with Gasteiger partial charge in [-0.2, -0.15) is 0 Å². The molecule has 0 bridgehead atoms. The van der Waals surface area contributed by atoms with E-state index in [-0.39, 0.29) is 5.91 Å². The van der Waals surface area contributed by atoms with Gasteiger partial charge in [0.1, 0.15) is 18.4 Å². The first-order valence-corrected chi connectivity index (χ1v) is 12.5. The van der Waals surface area contributed by atoms with E-state index in [2.05, 4.69) is 16.0 Å². The van der Waals surface area contributed by atoms with E-state index in [1.165, 1.54) is 0 Å². The van der Waals surface area contributed by atoms with Crippen LogP contribution in [0.25, 0.3) is 0 Å². The summed E-state index contributed by atoms with van der Waals surface area (Å²) < 4.78 is 5.80. The molecule has 3 amide bonds. The number of rotatable bonds is 14. The number of nitrogens with one attached hydrogen (secondary N) is 3. The molecular weight excluding hydrogens is 452 g/mol. The molecule has 190 valence electrons. The van der Waals surface area contributed by atoms with Crippen LogP contribution in [0.5, 0.6) is 5.75 Å². The van der Waals surface area contributed by atoms with Crippen LogP contribution in [0.2, 0.25) is 0 Å². The number of anilines is 1. The summed E-state index contributed by atoms with van der Waals surface area (Å²) in [4.78, 5) is 25.6. The Labute approximate surface area is 213 Å². The van der Waals surface area contributed by atoms with E-state index < -0.39 is 12.1 Å². The monoisotopic (exact) mass is 488 g/mol. The summed E-state index contributed by atoms with van der Waals surface area (Å²) in [6, 6.07) is 25.6. The summed E-state index contributed by atoms with van der Waals surface area (Å²) in [5.41, 5.74) is 8.19. The van der Waals surface area contributed by atoms with E-state index >= 15 is 0 Å². The molecule has 0 spiro atoms. The summed E-state index contributed by atoms with van der Waals surface area (Å²) >= 11 is 0. The smallest absolute Gasteiger partial charge is 0.319 e. The molecule has 0 heterocycles. The van der Waals surface area contributed by atoms with Gasteiger partial charge in [0.15, 0.2) is 0 Å². The number of nitrogens with two attached hydrogens (primary N) is 1. The fourth-order valence-corrected chi connectivity index (χ4v) is 3.72. The first-order chi connectivity index (χ1) is 17.6. The lowest BCUT2D eigenvalue weighted by atomic mass is 10.1. The number of urea groups is 1. The first-order valence-electron chi connectivity index (χ1n) is 12.5. The molecule has 0 aliphatic heterocycles. The Balaban J connectivity index is 1.51. The number of hydrogen-bond donors (Lipinski definition) is 4. The van der Waals surface area contributed by atoms with Crippen molar-refractivity contribution in [2.45, 2.75) is 44.8 Å². The fraction of sp³-hybridized carbons (Fsp3) is 0.310. The molecule has 0 fully saturated rings. The molecule has 1 unspecified atom stereocenters. The molecule has 7 nitrogen and oxygen atoms in total. The quantitative estimate of drug-likeness (QED) is 0.248.